The van der Waals surface area contributed by atoms with Crippen molar-refractivity contribution in [2.45, 2.75) is 9.79 Å². The summed E-state index contributed by atoms with van der Waals surface area (Å²) in [6, 6.07) is 60.1. The summed E-state index contributed by atoms with van der Waals surface area (Å²) >= 11 is 1.88. The van der Waals surface area contributed by atoms with Gasteiger partial charge in [0, 0.05) is 53.0 Å². The molecule has 0 atom stereocenters. The number of thiophene rings is 1. The molecule has 2 nitrogen and oxygen atoms in total. The van der Waals surface area contributed by atoms with E-state index in [1.54, 1.807) is 0 Å². The van der Waals surface area contributed by atoms with Crippen LogP contribution in [-0.2, 0) is 0 Å². The highest BCUT2D eigenvalue weighted by atomic mass is 32.3. The van der Waals surface area contributed by atoms with Crippen LogP contribution in [0.2, 0.25) is 0 Å². The van der Waals surface area contributed by atoms with Gasteiger partial charge in [-0.2, -0.15) is 10.0 Å². The second kappa shape index (κ2) is 11.1. The lowest BCUT2D eigenvalue weighted by Crippen LogP contribution is -2.10. The summed E-state index contributed by atoms with van der Waals surface area (Å²) in [5.74, 6) is 0. The summed E-state index contributed by atoms with van der Waals surface area (Å²) in [6.07, 6.45) is 4.87. The Balaban J connectivity index is 1.10. The van der Waals surface area contributed by atoms with Gasteiger partial charge >= 0.3 is 0 Å². The van der Waals surface area contributed by atoms with Crippen molar-refractivity contribution in [1.82, 2.24) is 0 Å². The van der Waals surface area contributed by atoms with Crippen molar-refractivity contribution in [3.63, 3.8) is 0 Å². The predicted molar refractivity (Wildman–Crippen MR) is 226 cm³/mol. The summed E-state index contributed by atoms with van der Waals surface area (Å²) in [7, 11) is -1.32. The van der Waals surface area contributed by atoms with Crippen LogP contribution < -0.4 is 4.90 Å². The Kier molecular flexibility index (Phi) is 6.37. The van der Waals surface area contributed by atoms with Crippen molar-refractivity contribution in [3.05, 3.63) is 164 Å². The Labute approximate surface area is 307 Å². The number of anilines is 3. The largest absolute Gasteiger partial charge is 0.455 e. The van der Waals surface area contributed by atoms with Crippen LogP contribution in [0.3, 0.4) is 0 Å². The lowest BCUT2D eigenvalue weighted by molar-refractivity contribution is 0.669. The standard InChI is InChI=1S/C48H33NOS2/c1-52(2)44-27-26-38-36-12-5-7-16-42(36)50-47(38)46(44)40-25-24-35(29-45(40)52)49(41-15-9-14-39-37-13-6-8-17-43(37)51-48(39)41)34-22-20-31(21-23-34)33-19-18-30-10-3-4-11-32(30)28-33/h3-29H,1-2H3. The number of para-hydroxylation sites is 1. The van der Waals surface area contributed by atoms with Crippen molar-refractivity contribution < 1.29 is 4.42 Å². The van der Waals surface area contributed by atoms with E-state index in [-0.39, 0.29) is 0 Å². The molecule has 4 heteroatoms. The zero-order valence-corrected chi connectivity index (χ0v) is 30.4. The molecule has 1 aliphatic rings. The van der Waals surface area contributed by atoms with E-state index in [1.807, 2.05) is 11.3 Å². The van der Waals surface area contributed by atoms with Crippen molar-refractivity contribution in [1.29, 1.82) is 0 Å². The average molecular weight is 704 g/mol. The van der Waals surface area contributed by atoms with E-state index in [0.29, 0.717) is 0 Å². The number of furan rings is 1. The first-order valence-electron chi connectivity index (χ1n) is 17.6. The maximum absolute atomic E-state index is 6.61. The minimum atomic E-state index is -1.32. The summed E-state index contributed by atoms with van der Waals surface area (Å²) in [6.45, 7) is 0. The van der Waals surface area contributed by atoms with E-state index >= 15 is 0 Å². The number of fused-ring (bicyclic) bond motifs is 11. The van der Waals surface area contributed by atoms with E-state index in [0.717, 1.165) is 22.5 Å². The summed E-state index contributed by atoms with van der Waals surface area (Å²) < 4.78 is 9.21. The van der Waals surface area contributed by atoms with Gasteiger partial charge in [0.05, 0.1) is 10.4 Å². The maximum Gasteiger partial charge on any atom is 0.144 e. The van der Waals surface area contributed by atoms with Crippen molar-refractivity contribution in [3.8, 4) is 22.3 Å². The highest BCUT2D eigenvalue weighted by molar-refractivity contribution is 8.33. The average Bonchev–Trinajstić information content (AvgIpc) is 3.83. The third-order valence-electron chi connectivity index (χ3n) is 10.9. The fourth-order valence-electron chi connectivity index (χ4n) is 8.36. The molecule has 0 fully saturated rings. The molecule has 0 aliphatic carbocycles. The van der Waals surface area contributed by atoms with E-state index in [2.05, 4.69) is 181 Å². The molecular formula is C48H33NOS2. The number of rotatable bonds is 4. The van der Waals surface area contributed by atoms with Crippen LogP contribution in [0.25, 0.3) is 75.1 Å². The van der Waals surface area contributed by atoms with Crippen LogP contribution in [-0.4, -0.2) is 12.5 Å². The molecule has 0 amide bonds. The first-order valence-corrected chi connectivity index (χ1v) is 20.9. The SMILES string of the molecule is CS1(C)c2cc(N(c3ccc(-c4ccc5ccccc5c4)cc3)c3cccc4c3sc3ccccc34)ccc2-c2c1ccc1c2oc2ccccc21. The third kappa shape index (κ3) is 4.32. The molecule has 11 rings (SSSR count). The molecule has 248 valence electrons. The predicted octanol–water partition coefficient (Wildman–Crippen LogP) is 14.7. The minimum absolute atomic E-state index is 0.943. The molecule has 8 aromatic carbocycles. The lowest BCUT2D eigenvalue weighted by atomic mass is 10.0. The van der Waals surface area contributed by atoms with Gasteiger partial charge in [-0.15, -0.1) is 11.3 Å². The number of hydrogen-bond donors (Lipinski definition) is 0. The Morgan fingerprint density at radius 3 is 2.13 bits per heavy atom. The molecule has 0 unspecified atom stereocenters. The van der Waals surface area contributed by atoms with Crippen LogP contribution in [0, 0.1) is 0 Å². The second-order valence-corrected chi connectivity index (χ2v) is 18.7. The zero-order valence-electron chi connectivity index (χ0n) is 28.8. The highest BCUT2D eigenvalue weighted by Crippen LogP contribution is 2.69. The molecule has 0 N–H and O–H groups in total. The molecule has 0 saturated carbocycles. The molecule has 2 aromatic heterocycles. The van der Waals surface area contributed by atoms with Gasteiger partial charge in [-0.1, -0.05) is 103 Å². The first-order chi connectivity index (χ1) is 25.5. The molecule has 3 heterocycles. The van der Waals surface area contributed by atoms with Crippen molar-refractivity contribution in [2.24, 2.45) is 0 Å². The molecule has 0 bridgehead atoms. The van der Waals surface area contributed by atoms with Crippen LogP contribution in [0.4, 0.5) is 17.1 Å². The van der Waals surface area contributed by atoms with Crippen molar-refractivity contribution >= 4 is 91.3 Å². The molecule has 0 radical (unpaired) electrons. The van der Waals surface area contributed by atoms with Gasteiger partial charge in [0.2, 0.25) is 0 Å². The second-order valence-electron chi connectivity index (χ2n) is 14.1. The van der Waals surface area contributed by atoms with E-state index < -0.39 is 10.0 Å². The summed E-state index contributed by atoms with van der Waals surface area (Å²) in [4.78, 5) is 5.26. The lowest BCUT2D eigenvalue weighted by Gasteiger charge is -2.31. The van der Waals surface area contributed by atoms with Gasteiger partial charge in [0.25, 0.3) is 0 Å². The molecular weight excluding hydrogens is 671 g/mol. The van der Waals surface area contributed by atoms with E-state index in [1.165, 1.54) is 79.4 Å². The third-order valence-corrected chi connectivity index (χ3v) is 15.0. The molecule has 0 spiro atoms. The van der Waals surface area contributed by atoms with Gasteiger partial charge in [-0.05, 0) is 101 Å². The van der Waals surface area contributed by atoms with Crippen LogP contribution in [0.1, 0.15) is 0 Å². The normalized spacial score (nSPS) is 14.0. The first kappa shape index (κ1) is 29.9. The van der Waals surface area contributed by atoms with Gasteiger partial charge in [-0.3, -0.25) is 0 Å². The maximum atomic E-state index is 6.61. The number of hydrogen-bond acceptors (Lipinski definition) is 3. The fourth-order valence-corrected chi connectivity index (χ4v) is 12.1. The Morgan fingerprint density at radius 1 is 0.519 bits per heavy atom. The number of benzene rings is 8. The van der Waals surface area contributed by atoms with Gasteiger partial charge in [0.1, 0.15) is 11.2 Å². The monoisotopic (exact) mass is 703 g/mol. The number of nitrogens with zero attached hydrogens (tertiary/aromatic N) is 1. The van der Waals surface area contributed by atoms with Gasteiger partial charge in [-0.25, -0.2) is 0 Å². The fraction of sp³-hybridized carbons (Fsp3) is 0.0417. The highest BCUT2D eigenvalue weighted by Gasteiger charge is 2.35. The Morgan fingerprint density at radius 2 is 1.25 bits per heavy atom. The van der Waals surface area contributed by atoms with Crippen LogP contribution >= 0.6 is 21.4 Å². The quantitative estimate of drug-likeness (QED) is 0.181. The topological polar surface area (TPSA) is 16.4 Å². The summed E-state index contributed by atoms with van der Waals surface area (Å²) in [5.41, 5.74) is 10.4. The van der Waals surface area contributed by atoms with Crippen LogP contribution in [0.5, 0.6) is 0 Å². The van der Waals surface area contributed by atoms with Crippen LogP contribution in [0.15, 0.2) is 178 Å². The van der Waals surface area contributed by atoms with E-state index in [9.17, 15) is 0 Å². The Bertz CT molecular complexity index is 3060. The minimum Gasteiger partial charge on any atom is -0.455 e. The van der Waals surface area contributed by atoms with Gasteiger partial charge < -0.3 is 9.32 Å². The molecule has 1 aliphatic heterocycles. The smallest absolute Gasteiger partial charge is 0.144 e. The zero-order chi connectivity index (χ0) is 34.6. The van der Waals surface area contributed by atoms with E-state index in [4.69, 9.17) is 4.42 Å². The Hall–Kier alpha value is -5.81. The van der Waals surface area contributed by atoms with Crippen molar-refractivity contribution in [2.75, 3.05) is 17.4 Å². The molecule has 0 saturated heterocycles. The molecule has 10 aromatic rings. The van der Waals surface area contributed by atoms with Gasteiger partial charge in [0.15, 0.2) is 0 Å². The summed E-state index contributed by atoms with van der Waals surface area (Å²) in [5, 5.41) is 7.48. The molecule has 52 heavy (non-hydrogen) atoms.